The van der Waals surface area contributed by atoms with E-state index in [-0.39, 0.29) is 23.4 Å². The van der Waals surface area contributed by atoms with Gasteiger partial charge in [0.25, 0.3) is 0 Å². The summed E-state index contributed by atoms with van der Waals surface area (Å²) in [7, 11) is -3.39. The first-order valence-electron chi connectivity index (χ1n) is 7.37. The molecular formula is C16H21NO3S. The van der Waals surface area contributed by atoms with Gasteiger partial charge in [-0.05, 0) is 37.0 Å². The van der Waals surface area contributed by atoms with Crippen molar-refractivity contribution in [1.29, 1.82) is 5.26 Å². The SMILES string of the molecule is CC1CCCCC1OCCS(=O)(=O)c1cccc(C#N)c1. The maximum atomic E-state index is 12.2. The molecule has 2 atom stereocenters. The van der Waals surface area contributed by atoms with Crippen LogP contribution in [0.3, 0.4) is 0 Å². The van der Waals surface area contributed by atoms with Crippen LogP contribution in [0, 0.1) is 17.2 Å². The van der Waals surface area contributed by atoms with Crippen LogP contribution in [-0.2, 0) is 14.6 Å². The molecule has 0 N–H and O–H groups in total. The van der Waals surface area contributed by atoms with Gasteiger partial charge in [-0.25, -0.2) is 8.42 Å². The van der Waals surface area contributed by atoms with E-state index in [4.69, 9.17) is 10.00 Å². The zero-order valence-corrected chi connectivity index (χ0v) is 13.1. The van der Waals surface area contributed by atoms with Gasteiger partial charge in [-0.1, -0.05) is 25.8 Å². The number of benzene rings is 1. The highest BCUT2D eigenvalue weighted by Gasteiger charge is 2.23. The standard InChI is InChI=1S/C16H21NO3S/c1-13-5-2-3-8-16(13)20-9-10-21(18,19)15-7-4-6-14(11-15)12-17/h4,6-7,11,13,16H,2-3,5,8-10H2,1H3. The fraction of sp³-hybridized carbons (Fsp3) is 0.562. The summed E-state index contributed by atoms with van der Waals surface area (Å²) in [6.07, 6.45) is 4.75. The Kier molecular flexibility index (Phi) is 5.38. The molecule has 1 aliphatic carbocycles. The van der Waals surface area contributed by atoms with Crippen molar-refractivity contribution in [2.24, 2.45) is 5.92 Å². The van der Waals surface area contributed by atoms with Crippen LogP contribution in [0.15, 0.2) is 29.2 Å². The van der Waals surface area contributed by atoms with E-state index in [1.54, 1.807) is 12.1 Å². The molecule has 0 bridgehead atoms. The summed E-state index contributed by atoms with van der Waals surface area (Å²) in [5, 5.41) is 8.83. The third-order valence-corrected chi connectivity index (χ3v) is 5.72. The molecule has 1 fully saturated rings. The smallest absolute Gasteiger partial charge is 0.180 e. The lowest BCUT2D eigenvalue weighted by atomic mass is 9.88. The lowest BCUT2D eigenvalue weighted by Gasteiger charge is -2.28. The summed E-state index contributed by atoms with van der Waals surface area (Å²) < 4.78 is 30.2. The predicted molar refractivity (Wildman–Crippen MR) is 80.6 cm³/mol. The largest absolute Gasteiger partial charge is 0.377 e. The van der Waals surface area contributed by atoms with E-state index in [1.165, 1.54) is 18.6 Å². The van der Waals surface area contributed by atoms with Gasteiger partial charge < -0.3 is 4.74 Å². The van der Waals surface area contributed by atoms with Gasteiger partial charge in [-0.3, -0.25) is 0 Å². The van der Waals surface area contributed by atoms with Crippen molar-refractivity contribution in [3.05, 3.63) is 29.8 Å². The summed E-state index contributed by atoms with van der Waals surface area (Å²) in [6.45, 7) is 2.38. The molecule has 1 saturated carbocycles. The Bertz CT molecular complexity index is 619. The van der Waals surface area contributed by atoms with Gasteiger partial charge in [0.2, 0.25) is 0 Å². The van der Waals surface area contributed by atoms with Crippen molar-refractivity contribution >= 4 is 9.84 Å². The maximum absolute atomic E-state index is 12.2. The monoisotopic (exact) mass is 307 g/mol. The van der Waals surface area contributed by atoms with E-state index in [0.29, 0.717) is 11.5 Å². The molecule has 5 heteroatoms. The maximum Gasteiger partial charge on any atom is 0.180 e. The number of sulfone groups is 1. The van der Waals surface area contributed by atoms with Crippen LogP contribution in [0.5, 0.6) is 0 Å². The number of hydrogen-bond donors (Lipinski definition) is 0. The van der Waals surface area contributed by atoms with Crippen molar-refractivity contribution in [3.63, 3.8) is 0 Å². The van der Waals surface area contributed by atoms with Gasteiger partial charge in [-0.15, -0.1) is 0 Å². The van der Waals surface area contributed by atoms with E-state index >= 15 is 0 Å². The molecule has 0 amide bonds. The molecule has 0 aromatic heterocycles. The topological polar surface area (TPSA) is 67.2 Å². The average Bonchev–Trinajstić information content (AvgIpc) is 2.49. The van der Waals surface area contributed by atoms with Gasteiger partial charge in [-0.2, -0.15) is 5.26 Å². The van der Waals surface area contributed by atoms with Crippen molar-refractivity contribution in [3.8, 4) is 6.07 Å². The van der Waals surface area contributed by atoms with Gasteiger partial charge in [0.1, 0.15) is 0 Å². The van der Waals surface area contributed by atoms with Crippen LogP contribution in [-0.4, -0.2) is 26.9 Å². The molecule has 4 nitrogen and oxygen atoms in total. The Labute approximate surface area is 126 Å². The predicted octanol–water partition coefficient (Wildman–Crippen LogP) is 2.93. The van der Waals surface area contributed by atoms with Crippen LogP contribution in [0.1, 0.15) is 38.2 Å². The number of rotatable bonds is 5. The normalized spacial score (nSPS) is 22.7. The minimum Gasteiger partial charge on any atom is -0.377 e. The summed E-state index contributed by atoms with van der Waals surface area (Å²) in [6, 6.07) is 8.09. The van der Waals surface area contributed by atoms with E-state index in [9.17, 15) is 8.42 Å². The lowest BCUT2D eigenvalue weighted by Crippen LogP contribution is -2.27. The third kappa shape index (κ3) is 4.29. The molecule has 2 rings (SSSR count). The molecule has 2 unspecified atom stereocenters. The number of nitrogens with zero attached hydrogens (tertiary/aromatic N) is 1. The quantitative estimate of drug-likeness (QED) is 0.839. The van der Waals surface area contributed by atoms with Crippen molar-refractivity contribution in [2.75, 3.05) is 12.4 Å². The fourth-order valence-corrected chi connectivity index (χ4v) is 3.86. The summed E-state index contributed by atoms with van der Waals surface area (Å²) in [4.78, 5) is 0.196. The Balaban J connectivity index is 1.93. The third-order valence-electron chi connectivity index (χ3n) is 4.04. The first-order valence-corrected chi connectivity index (χ1v) is 9.02. The summed E-state index contributed by atoms with van der Waals surface area (Å²) in [5.41, 5.74) is 0.359. The first kappa shape index (κ1) is 16.0. The Morgan fingerprint density at radius 3 is 2.81 bits per heavy atom. The fourth-order valence-electron chi connectivity index (χ4n) is 2.72. The van der Waals surface area contributed by atoms with Gasteiger partial charge in [0.15, 0.2) is 9.84 Å². The van der Waals surface area contributed by atoms with Gasteiger partial charge in [0, 0.05) is 0 Å². The van der Waals surface area contributed by atoms with Gasteiger partial charge in [0.05, 0.1) is 35.0 Å². The number of ether oxygens (including phenoxy) is 1. The first-order chi connectivity index (χ1) is 10.0. The molecule has 0 saturated heterocycles. The van der Waals surface area contributed by atoms with Crippen LogP contribution < -0.4 is 0 Å². The van der Waals surface area contributed by atoms with E-state index in [2.05, 4.69) is 6.92 Å². The highest BCUT2D eigenvalue weighted by atomic mass is 32.2. The van der Waals surface area contributed by atoms with Crippen molar-refractivity contribution in [1.82, 2.24) is 0 Å². The van der Waals surface area contributed by atoms with E-state index in [1.807, 2.05) is 6.07 Å². The highest BCUT2D eigenvalue weighted by molar-refractivity contribution is 7.91. The van der Waals surface area contributed by atoms with Crippen LogP contribution in [0.25, 0.3) is 0 Å². The number of hydrogen-bond acceptors (Lipinski definition) is 4. The van der Waals surface area contributed by atoms with Crippen LogP contribution >= 0.6 is 0 Å². The van der Waals surface area contributed by atoms with E-state index < -0.39 is 9.84 Å². The number of nitriles is 1. The lowest BCUT2D eigenvalue weighted by molar-refractivity contribution is 0.00302. The minimum atomic E-state index is -3.39. The molecule has 1 aliphatic rings. The minimum absolute atomic E-state index is 0.0366. The Morgan fingerprint density at radius 1 is 1.33 bits per heavy atom. The molecule has 0 spiro atoms. The molecular weight excluding hydrogens is 286 g/mol. The molecule has 0 radical (unpaired) electrons. The molecule has 1 aromatic rings. The summed E-state index contributed by atoms with van der Waals surface area (Å²) >= 11 is 0. The molecule has 0 aliphatic heterocycles. The van der Waals surface area contributed by atoms with Crippen molar-refractivity contribution < 1.29 is 13.2 Å². The second-order valence-electron chi connectivity index (χ2n) is 5.63. The highest BCUT2D eigenvalue weighted by Crippen LogP contribution is 2.26. The zero-order valence-electron chi connectivity index (χ0n) is 12.3. The van der Waals surface area contributed by atoms with Crippen LogP contribution in [0.2, 0.25) is 0 Å². The molecule has 114 valence electrons. The molecule has 21 heavy (non-hydrogen) atoms. The van der Waals surface area contributed by atoms with Gasteiger partial charge >= 0.3 is 0 Å². The second-order valence-corrected chi connectivity index (χ2v) is 7.74. The molecule has 0 heterocycles. The molecule has 1 aromatic carbocycles. The average molecular weight is 307 g/mol. The van der Waals surface area contributed by atoms with Crippen LogP contribution in [0.4, 0.5) is 0 Å². The van der Waals surface area contributed by atoms with Crippen molar-refractivity contribution in [2.45, 2.75) is 43.6 Å². The summed E-state index contributed by atoms with van der Waals surface area (Å²) in [5.74, 6) is 0.467. The Hall–Kier alpha value is -1.38. The second kappa shape index (κ2) is 7.06. The zero-order chi connectivity index (χ0) is 15.3. The van der Waals surface area contributed by atoms with E-state index in [0.717, 1.165) is 19.3 Å². The Morgan fingerprint density at radius 2 is 2.10 bits per heavy atom.